The molecule has 0 aliphatic heterocycles. The predicted octanol–water partition coefficient (Wildman–Crippen LogP) is -0.767. The Hall–Kier alpha value is -2.19. The maximum absolute atomic E-state index is 9.85. The summed E-state index contributed by atoms with van der Waals surface area (Å²) in [5.41, 5.74) is 13.0. The standard InChI is InChI=1S/C3H4N7O2/c4-1-6-2(5)8-3(7-1)9-10(11)12/h(H4-,4,5,6,7,8,9)/q-1. The van der Waals surface area contributed by atoms with Crippen LogP contribution in [0.5, 0.6) is 0 Å². The lowest BCUT2D eigenvalue weighted by atomic mass is 10.8. The Morgan fingerprint density at radius 1 is 1.25 bits per heavy atom. The molecule has 0 aliphatic rings. The molecule has 12 heavy (non-hydrogen) atoms. The van der Waals surface area contributed by atoms with Gasteiger partial charge in [-0.3, -0.25) is 0 Å². The van der Waals surface area contributed by atoms with Gasteiger partial charge in [0.25, 0.3) is 0 Å². The SMILES string of the molecule is Nc1nc(N)nc([N-][N+](=O)[O-])n1. The van der Waals surface area contributed by atoms with Gasteiger partial charge in [0.2, 0.25) is 0 Å². The van der Waals surface area contributed by atoms with E-state index in [1.807, 2.05) is 0 Å². The minimum Gasteiger partial charge on any atom is -0.381 e. The largest absolute Gasteiger partial charge is 0.381 e. The smallest absolute Gasteiger partial charge is 0.150 e. The van der Waals surface area contributed by atoms with Gasteiger partial charge in [-0.2, -0.15) is 0 Å². The summed E-state index contributed by atoms with van der Waals surface area (Å²) in [5.74, 6) is -0.823. The average molecular weight is 170 g/mol. The summed E-state index contributed by atoms with van der Waals surface area (Å²) >= 11 is 0. The van der Waals surface area contributed by atoms with Crippen molar-refractivity contribution in [1.82, 2.24) is 15.0 Å². The number of hydrogen-bond donors (Lipinski definition) is 2. The second-order valence-corrected chi connectivity index (χ2v) is 1.69. The molecule has 0 bridgehead atoms. The Labute approximate surface area is 65.9 Å². The summed E-state index contributed by atoms with van der Waals surface area (Å²) in [7, 11) is 0. The van der Waals surface area contributed by atoms with Crippen LogP contribution in [0.15, 0.2) is 0 Å². The molecule has 64 valence electrons. The van der Waals surface area contributed by atoms with Crippen molar-refractivity contribution in [2.24, 2.45) is 0 Å². The van der Waals surface area contributed by atoms with E-state index < -0.39 is 11.0 Å². The maximum atomic E-state index is 9.85. The fourth-order valence-electron chi connectivity index (χ4n) is 0.515. The second-order valence-electron chi connectivity index (χ2n) is 1.69. The van der Waals surface area contributed by atoms with Crippen LogP contribution in [0.4, 0.5) is 17.8 Å². The van der Waals surface area contributed by atoms with Crippen LogP contribution in [0.2, 0.25) is 0 Å². The summed E-state index contributed by atoms with van der Waals surface area (Å²) in [6.07, 6.45) is 0. The molecule has 0 radical (unpaired) electrons. The van der Waals surface area contributed by atoms with Crippen LogP contribution in [0.3, 0.4) is 0 Å². The number of rotatable bonds is 2. The van der Waals surface area contributed by atoms with Crippen molar-refractivity contribution in [2.75, 3.05) is 11.5 Å². The molecule has 1 aromatic rings. The molecule has 1 aromatic heterocycles. The van der Waals surface area contributed by atoms with Gasteiger partial charge >= 0.3 is 0 Å². The first kappa shape index (κ1) is 7.91. The Kier molecular flexibility index (Phi) is 1.86. The second kappa shape index (κ2) is 2.82. The maximum Gasteiger partial charge on any atom is 0.150 e. The lowest BCUT2D eigenvalue weighted by Gasteiger charge is -2.05. The summed E-state index contributed by atoms with van der Waals surface area (Å²) in [4.78, 5) is 19.9. The highest BCUT2D eigenvalue weighted by Gasteiger charge is 1.96. The zero-order valence-electron chi connectivity index (χ0n) is 5.71. The third kappa shape index (κ3) is 1.90. The van der Waals surface area contributed by atoms with Crippen LogP contribution in [-0.2, 0) is 0 Å². The van der Waals surface area contributed by atoms with Crippen LogP contribution < -0.4 is 11.5 Å². The van der Waals surface area contributed by atoms with E-state index in [1.165, 1.54) is 0 Å². The van der Waals surface area contributed by atoms with Crippen molar-refractivity contribution in [3.8, 4) is 0 Å². The van der Waals surface area contributed by atoms with Crippen molar-refractivity contribution in [1.29, 1.82) is 0 Å². The van der Waals surface area contributed by atoms with Gasteiger partial charge < -0.3 is 21.4 Å². The molecule has 9 heteroatoms. The minimum absolute atomic E-state index is 0.205. The van der Waals surface area contributed by atoms with E-state index >= 15 is 0 Å². The fraction of sp³-hybridized carbons (Fsp3) is 0. The molecule has 0 saturated heterocycles. The molecule has 0 spiro atoms. The first-order valence-electron chi connectivity index (χ1n) is 2.71. The van der Waals surface area contributed by atoms with E-state index in [2.05, 4.69) is 20.4 Å². The van der Waals surface area contributed by atoms with Crippen LogP contribution in [0.25, 0.3) is 5.43 Å². The van der Waals surface area contributed by atoms with Crippen LogP contribution >= 0.6 is 0 Å². The van der Waals surface area contributed by atoms with E-state index in [1.54, 1.807) is 0 Å². The van der Waals surface area contributed by atoms with E-state index in [9.17, 15) is 10.1 Å². The molecule has 1 heterocycles. The third-order valence-corrected chi connectivity index (χ3v) is 0.829. The van der Waals surface area contributed by atoms with Gasteiger partial charge in [-0.15, -0.1) is 0 Å². The van der Waals surface area contributed by atoms with E-state index in [-0.39, 0.29) is 11.9 Å². The van der Waals surface area contributed by atoms with E-state index in [4.69, 9.17) is 11.5 Å². The predicted molar refractivity (Wildman–Crippen MR) is 38.7 cm³/mol. The highest BCUT2D eigenvalue weighted by atomic mass is 16.7. The van der Waals surface area contributed by atoms with Gasteiger partial charge in [0, 0.05) is 0 Å². The van der Waals surface area contributed by atoms with Crippen molar-refractivity contribution < 1.29 is 5.03 Å². The van der Waals surface area contributed by atoms with Gasteiger partial charge in [0.15, 0.2) is 11.9 Å². The van der Waals surface area contributed by atoms with E-state index in [0.717, 1.165) is 0 Å². The van der Waals surface area contributed by atoms with Gasteiger partial charge in [0.1, 0.15) is 11.0 Å². The molecule has 0 fully saturated rings. The molecule has 0 aliphatic carbocycles. The number of aromatic nitrogens is 3. The molecule has 0 unspecified atom stereocenters. The van der Waals surface area contributed by atoms with Gasteiger partial charge in [-0.1, -0.05) is 5.43 Å². The third-order valence-electron chi connectivity index (χ3n) is 0.829. The normalized spacial score (nSPS) is 9.33. The zero-order valence-corrected chi connectivity index (χ0v) is 5.71. The minimum atomic E-state index is -0.950. The molecule has 1 rings (SSSR count). The number of nitrogens with two attached hydrogens (primary N) is 2. The number of nitro groups is 1. The summed E-state index contributed by atoms with van der Waals surface area (Å²) in [6, 6.07) is 0. The molecule has 0 amide bonds. The Bertz CT molecular complexity index is 291. The highest BCUT2D eigenvalue weighted by Crippen LogP contribution is 2.12. The van der Waals surface area contributed by atoms with Crippen molar-refractivity contribution in [2.45, 2.75) is 0 Å². The number of hydrogen-bond acceptors (Lipinski definition) is 7. The topological polar surface area (TPSA) is 148 Å². The van der Waals surface area contributed by atoms with Crippen LogP contribution in [0, 0.1) is 10.1 Å². The van der Waals surface area contributed by atoms with Crippen molar-refractivity contribution in [3.63, 3.8) is 0 Å². The Balaban J connectivity index is 2.93. The summed E-state index contributed by atoms with van der Waals surface area (Å²) in [5, 5.41) is 8.90. The Morgan fingerprint density at radius 2 is 1.75 bits per heavy atom. The first-order chi connectivity index (χ1) is 5.58. The quantitative estimate of drug-likeness (QED) is 0.437. The summed E-state index contributed by atoms with van der Waals surface area (Å²) in [6.45, 7) is 0. The van der Waals surface area contributed by atoms with E-state index in [0.29, 0.717) is 0 Å². The fourth-order valence-corrected chi connectivity index (χ4v) is 0.515. The van der Waals surface area contributed by atoms with Crippen LogP contribution in [-0.4, -0.2) is 20.0 Å². The lowest BCUT2D eigenvalue weighted by Crippen LogP contribution is -2.03. The van der Waals surface area contributed by atoms with Gasteiger partial charge in [-0.25, -0.2) is 15.1 Å². The molecule has 0 aromatic carbocycles. The van der Waals surface area contributed by atoms with Crippen LogP contribution in [0.1, 0.15) is 0 Å². The molecule has 9 nitrogen and oxygen atoms in total. The molecule has 0 atom stereocenters. The zero-order chi connectivity index (χ0) is 9.14. The monoisotopic (exact) mass is 170 g/mol. The first-order valence-corrected chi connectivity index (χ1v) is 2.71. The molecular formula is C3H4N7O2-. The lowest BCUT2D eigenvalue weighted by molar-refractivity contribution is -0.419. The Morgan fingerprint density at radius 3 is 2.17 bits per heavy atom. The molecular weight excluding hydrogens is 166 g/mol. The summed E-state index contributed by atoms with van der Waals surface area (Å²) < 4.78 is 0. The van der Waals surface area contributed by atoms with Gasteiger partial charge in [-0.05, 0) is 0 Å². The number of anilines is 2. The highest BCUT2D eigenvalue weighted by molar-refractivity contribution is 5.37. The number of nitrogens with zero attached hydrogens (tertiary/aromatic N) is 5. The number of nitrogen functional groups attached to an aromatic ring is 2. The average Bonchev–Trinajstić information content (AvgIpc) is 1.81. The molecule has 0 saturated carbocycles. The van der Waals surface area contributed by atoms with Crippen molar-refractivity contribution >= 4 is 17.8 Å². The molecule has 4 N–H and O–H groups in total. The van der Waals surface area contributed by atoms with Gasteiger partial charge in [0.05, 0.1) is 0 Å². The van der Waals surface area contributed by atoms with Crippen molar-refractivity contribution in [3.05, 3.63) is 15.5 Å².